The number of nitrogens with two attached hydrogens (primary N) is 2. The van der Waals surface area contributed by atoms with Gasteiger partial charge in [-0.05, 0) is 22.3 Å². The highest BCUT2D eigenvalue weighted by Gasteiger charge is 2.08. The predicted octanol–water partition coefficient (Wildman–Crippen LogP) is 4.01. The number of nitrogen functional groups attached to an aromatic ring is 2. The summed E-state index contributed by atoms with van der Waals surface area (Å²) >= 11 is 0. The first-order chi connectivity index (χ1) is 11.6. The molecule has 4 nitrogen and oxygen atoms in total. The molecule has 0 fully saturated rings. The van der Waals surface area contributed by atoms with Crippen molar-refractivity contribution in [1.29, 1.82) is 10.8 Å². The molecule has 3 aromatic rings. The van der Waals surface area contributed by atoms with Crippen molar-refractivity contribution in [3.8, 4) is 22.3 Å². The predicted molar refractivity (Wildman–Crippen MR) is 107 cm³/mol. The molecule has 3 rings (SSSR count). The van der Waals surface area contributed by atoms with Crippen LogP contribution in [0.25, 0.3) is 22.3 Å². The molecule has 126 valence electrons. The van der Waals surface area contributed by atoms with E-state index < -0.39 is 0 Å². The summed E-state index contributed by atoms with van der Waals surface area (Å²) in [5.41, 5.74) is 16.8. The molecule has 0 amide bonds. The summed E-state index contributed by atoms with van der Waals surface area (Å²) < 4.78 is 0. The minimum Gasteiger partial charge on any atom is -0.384 e. The van der Waals surface area contributed by atoms with E-state index in [1.165, 1.54) is 0 Å². The highest BCUT2D eigenvalue weighted by molar-refractivity contribution is 5.96. The van der Waals surface area contributed by atoms with Gasteiger partial charge in [0.1, 0.15) is 11.7 Å². The molecule has 3 aromatic carbocycles. The average molecular weight is 351 g/mol. The van der Waals surface area contributed by atoms with E-state index in [0.29, 0.717) is 11.1 Å². The Morgan fingerprint density at radius 1 is 0.560 bits per heavy atom. The maximum atomic E-state index is 7.49. The van der Waals surface area contributed by atoms with Gasteiger partial charge in [-0.15, -0.1) is 12.4 Å². The normalized spacial score (nSPS) is 9.92. The van der Waals surface area contributed by atoms with E-state index >= 15 is 0 Å². The van der Waals surface area contributed by atoms with Crippen LogP contribution in [0.5, 0.6) is 0 Å². The number of rotatable bonds is 4. The van der Waals surface area contributed by atoms with Crippen LogP contribution in [0.2, 0.25) is 0 Å². The van der Waals surface area contributed by atoms with Gasteiger partial charge < -0.3 is 11.5 Å². The highest BCUT2D eigenvalue weighted by Crippen LogP contribution is 2.32. The minimum atomic E-state index is 0. The molecule has 5 heteroatoms. The van der Waals surface area contributed by atoms with E-state index in [-0.39, 0.29) is 24.1 Å². The lowest BCUT2D eigenvalue weighted by atomic mass is 9.93. The molecule has 0 atom stereocenters. The summed E-state index contributed by atoms with van der Waals surface area (Å²) in [4.78, 5) is 0. The van der Waals surface area contributed by atoms with Crippen LogP contribution in [-0.4, -0.2) is 11.7 Å². The first-order valence-corrected chi connectivity index (χ1v) is 7.55. The number of nitrogens with one attached hydrogen (secondary N) is 2. The second-order valence-electron chi connectivity index (χ2n) is 5.53. The molecule has 0 heterocycles. The van der Waals surface area contributed by atoms with Gasteiger partial charge in [-0.25, -0.2) is 0 Å². The lowest BCUT2D eigenvalue weighted by molar-refractivity contribution is 1.42. The molecule has 0 aliphatic rings. The van der Waals surface area contributed by atoms with Crippen LogP contribution < -0.4 is 11.5 Å². The second kappa shape index (κ2) is 7.64. The average Bonchev–Trinajstić information content (AvgIpc) is 2.62. The van der Waals surface area contributed by atoms with Crippen molar-refractivity contribution in [2.24, 2.45) is 11.5 Å². The first-order valence-electron chi connectivity index (χ1n) is 7.55. The molecule has 0 saturated heterocycles. The summed E-state index contributed by atoms with van der Waals surface area (Å²) in [6.07, 6.45) is 0. The van der Waals surface area contributed by atoms with Gasteiger partial charge in [-0.1, -0.05) is 72.8 Å². The molecular weight excluding hydrogens is 332 g/mol. The largest absolute Gasteiger partial charge is 0.384 e. The highest BCUT2D eigenvalue weighted by atomic mass is 35.5. The van der Waals surface area contributed by atoms with Crippen molar-refractivity contribution in [2.75, 3.05) is 0 Å². The Hall–Kier alpha value is -3.11. The Bertz CT molecular complexity index is 823. The van der Waals surface area contributed by atoms with Crippen LogP contribution in [0.1, 0.15) is 11.1 Å². The molecule has 25 heavy (non-hydrogen) atoms. The van der Waals surface area contributed by atoms with Crippen molar-refractivity contribution in [3.63, 3.8) is 0 Å². The summed E-state index contributed by atoms with van der Waals surface area (Å²) in [6.45, 7) is 0. The zero-order chi connectivity index (χ0) is 17.1. The van der Waals surface area contributed by atoms with Gasteiger partial charge in [-0.3, -0.25) is 10.8 Å². The van der Waals surface area contributed by atoms with E-state index in [2.05, 4.69) is 12.1 Å². The van der Waals surface area contributed by atoms with E-state index in [9.17, 15) is 0 Å². The second-order valence-corrected chi connectivity index (χ2v) is 5.53. The molecule has 0 spiro atoms. The van der Waals surface area contributed by atoms with Crippen LogP contribution in [0.4, 0.5) is 0 Å². The SMILES string of the molecule is Cl.N=C(N)c1ccc(-c2ccccc2-c2ccc(C(=N)N)cc2)cc1. The summed E-state index contributed by atoms with van der Waals surface area (Å²) in [5, 5.41) is 15.0. The van der Waals surface area contributed by atoms with Gasteiger partial charge >= 0.3 is 0 Å². The van der Waals surface area contributed by atoms with Crippen molar-refractivity contribution >= 4 is 24.1 Å². The fourth-order valence-electron chi connectivity index (χ4n) is 2.65. The van der Waals surface area contributed by atoms with E-state index in [0.717, 1.165) is 22.3 Å². The maximum absolute atomic E-state index is 7.49. The third-order valence-electron chi connectivity index (χ3n) is 3.94. The van der Waals surface area contributed by atoms with Crippen LogP contribution in [0, 0.1) is 10.8 Å². The standard InChI is InChI=1S/C20H18N4.ClH/c21-19(22)15-9-5-13(6-10-15)17-3-1-2-4-18(17)14-7-11-16(12-8-14)20(23)24;/h1-12H,(H3,21,22)(H3,23,24);1H. The fraction of sp³-hybridized carbons (Fsp3) is 0. The van der Waals surface area contributed by atoms with Gasteiger partial charge in [0.15, 0.2) is 0 Å². The molecule has 0 aliphatic heterocycles. The van der Waals surface area contributed by atoms with Crippen molar-refractivity contribution in [2.45, 2.75) is 0 Å². The molecule has 0 aromatic heterocycles. The fourth-order valence-corrected chi connectivity index (χ4v) is 2.65. The smallest absolute Gasteiger partial charge is 0.122 e. The molecule has 0 aliphatic carbocycles. The third kappa shape index (κ3) is 3.87. The Balaban J connectivity index is 0.00000225. The van der Waals surface area contributed by atoms with Gasteiger partial charge in [0.05, 0.1) is 0 Å². The van der Waals surface area contributed by atoms with Crippen LogP contribution in [-0.2, 0) is 0 Å². The minimum absolute atomic E-state index is 0. The summed E-state index contributed by atoms with van der Waals surface area (Å²) in [6, 6.07) is 23.4. The lowest BCUT2D eigenvalue weighted by Crippen LogP contribution is -2.10. The Labute approximate surface area is 152 Å². The number of halogens is 1. The summed E-state index contributed by atoms with van der Waals surface area (Å²) in [5.74, 6) is 0.129. The van der Waals surface area contributed by atoms with Crippen LogP contribution in [0.15, 0.2) is 72.8 Å². The topological polar surface area (TPSA) is 99.7 Å². The molecule has 6 N–H and O–H groups in total. The Morgan fingerprint density at radius 2 is 0.880 bits per heavy atom. The quantitative estimate of drug-likeness (QED) is 0.422. The van der Waals surface area contributed by atoms with Crippen LogP contribution >= 0.6 is 12.4 Å². The number of amidine groups is 2. The molecule has 0 bridgehead atoms. The Morgan fingerprint density at radius 3 is 1.16 bits per heavy atom. The third-order valence-corrected chi connectivity index (χ3v) is 3.94. The number of benzene rings is 3. The first kappa shape index (κ1) is 18.2. The van der Waals surface area contributed by atoms with Crippen LogP contribution in [0.3, 0.4) is 0 Å². The van der Waals surface area contributed by atoms with E-state index in [1.54, 1.807) is 0 Å². The number of hydrogen-bond acceptors (Lipinski definition) is 2. The van der Waals surface area contributed by atoms with E-state index in [4.69, 9.17) is 22.3 Å². The summed E-state index contributed by atoms with van der Waals surface area (Å²) in [7, 11) is 0. The Kier molecular flexibility index (Phi) is 5.57. The molecule has 0 saturated carbocycles. The molecule has 0 unspecified atom stereocenters. The van der Waals surface area contributed by atoms with Gasteiger partial charge in [-0.2, -0.15) is 0 Å². The van der Waals surface area contributed by atoms with Gasteiger partial charge in [0.2, 0.25) is 0 Å². The van der Waals surface area contributed by atoms with Gasteiger partial charge in [0, 0.05) is 11.1 Å². The maximum Gasteiger partial charge on any atom is 0.122 e. The van der Waals surface area contributed by atoms with Crippen molar-refractivity contribution < 1.29 is 0 Å². The van der Waals surface area contributed by atoms with E-state index in [1.807, 2.05) is 60.7 Å². The zero-order valence-corrected chi connectivity index (χ0v) is 14.3. The number of hydrogen-bond donors (Lipinski definition) is 4. The van der Waals surface area contributed by atoms with Gasteiger partial charge in [0.25, 0.3) is 0 Å². The zero-order valence-electron chi connectivity index (χ0n) is 13.5. The molecular formula is C20H19ClN4. The lowest BCUT2D eigenvalue weighted by Gasteiger charge is -2.11. The van der Waals surface area contributed by atoms with Crippen molar-refractivity contribution in [1.82, 2.24) is 0 Å². The molecule has 0 radical (unpaired) electrons. The monoisotopic (exact) mass is 350 g/mol. The van der Waals surface area contributed by atoms with Crippen molar-refractivity contribution in [3.05, 3.63) is 83.9 Å².